The molecule has 2 aromatic rings. The van der Waals surface area contributed by atoms with Crippen LogP contribution < -0.4 is 10.6 Å². The van der Waals surface area contributed by atoms with Crippen LogP contribution in [0.25, 0.3) is 0 Å². The van der Waals surface area contributed by atoms with Gasteiger partial charge in [0.05, 0.1) is 30.6 Å². The summed E-state index contributed by atoms with van der Waals surface area (Å²) < 4.78 is 5.07. The molecule has 7 nitrogen and oxygen atoms in total. The topological polar surface area (TPSA) is 88.5 Å². The maximum Gasteiger partial charge on any atom is 0.350 e. The van der Waals surface area contributed by atoms with Gasteiger partial charge in [0.1, 0.15) is 14.9 Å². The van der Waals surface area contributed by atoms with Crippen molar-refractivity contribution in [2.24, 2.45) is 4.99 Å². The number of halogens is 1. The Morgan fingerprint density at radius 2 is 1.93 bits per heavy atom. The molecule has 0 amide bonds. The van der Waals surface area contributed by atoms with Crippen LogP contribution in [0.5, 0.6) is 0 Å². The quantitative estimate of drug-likeness (QED) is 0.260. The number of aryl methyl sites for hydroxylation is 3. The van der Waals surface area contributed by atoms with Crippen LogP contribution in [-0.2, 0) is 11.3 Å². The number of esters is 1. The first-order valence-electron chi connectivity index (χ1n) is 8.40. The highest BCUT2D eigenvalue weighted by Gasteiger charge is 2.20. The molecule has 0 bridgehead atoms. The molecule has 0 aliphatic rings. The molecular weight excluding hydrogens is 497 g/mol. The van der Waals surface area contributed by atoms with E-state index < -0.39 is 0 Å². The maximum absolute atomic E-state index is 12.0. The molecule has 0 saturated heterocycles. The van der Waals surface area contributed by atoms with Crippen molar-refractivity contribution in [2.45, 2.75) is 47.2 Å². The zero-order valence-corrected chi connectivity index (χ0v) is 20.3. The molecule has 0 aliphatic heterocycles. The number of carbonyl (C=O) groups excluding carboxylic acids is 1. The Labute approximate surface area is 185 Å². The Bertz CT molecular complexity index is 784. The minimum atomic E-state index is -0.321. The Morgan fingerprint density at radius 1 is 1.22 bits per heavy atom. The minimum absolute atomic E-state index is 0. The van der Waals surface area contributed by atoms with Gasteiger partial charge in [-0.2, -0.15) is 0 Å². The summed E-state index contributed by atoms with van der Waals surface area (Å²) in [5, 5.41) is 8.39. The van der Waals surface area contributed by atoms with Gasteiger partial charge in [0.2, 0.25) is 0 Å². The van der Waals surface area contributed by atoms with Crippen LogP contribution in [0.3, 0.4) is 0 Å². The number of rotatable bonds is 6. The molecular formula is C17H26IN5O2S2. The summed E-state index contributed by atoms with van der Waals surface area (Å²) in [4.78, 5) is 27.0. The molecule has 150 valence electrons. The molecule has 2 N–H and O–H groups in total. The van der Waals surface area contributed by atoms with E-state index in [9.17, 15) is 4.79 Å². The third kappa shape index (κ3) is 6.39. The summed E-state index contributed by atoms with van der Waals surface area (Å²) in [6, 6.07) is -0.0900. The predicted molar refractivity (Wildman–Crippen MR) is 122 cm³/mol. The monoisotopic (exact) mass is 523 g/mol. The number of hydrogen-bond donors (Lipinski definition) is 2. The molecule has 0 aliphatic carbocycles. The van der Waals surface area contributed by atoms with Gasteiger partial charge < -0.3 is 15.4 Å². The second-order valence-corrected chi connectivity index (χ2v) is 8.05. The standard InChI is InChI=1S/C17H25N5O2S2.HI/c1-7-24-16(23)14-10(3)21-15(26-14)11(4)22-17(18-6)19-8-13-20-9(2)12(5)25-13;/h11H,7-8H2,1-6H3,(H2,18,19,22);1H. The lowest BCUT2D eigenvalue weighted by atomic mass is 10.3. The van der Waals surface area contributed by atoms with Gasteiger partial charge in [-0.25, -0.2) is 14.8 Å². The van der Waals surface area contributed by atoms with Crippen LogP contribution in [-0.4, -0.2) is 35.6 Å². The van der Waals surface area contributed by atoms with E-state index in [1.165, 1.54) is 16.2 Å². The van der Waals surface area contributed by atoms with E-state index in [-0.39, 0.29) is 36.0 Å². The number of guanidine groups is 1. The number of carbonyl (C=O) groups is 1. The van der Waals surface area contributed by atoms with Gasteiger partial charge >= 0.3 is 5.97 Å². The SMILES string of the molecule is CCOC(=O)c1sc(C(C)NC(=NC)NCc2nc(C)c(C)s2)nc1C.I. The number of nitrogens with zero attached hydrogens (tertiary/aromatic N) is 3. The van der Waals surface area contributed by atoms with Crippen LogP contribution in [0.1, 0.15) is 55.8 Å². The largest absolute Gasteiger partial charge is 0.462 e. The third-order valence-corrected chi connectivity index (χ3v) is 6.09. The van der Waals surface area contributed by atoms with Crippen LogP contribution in [0, 0.1) is 20.8 Å². The second kappa shape index (κ2) is 10.9. The number of aliphatic imine (C=N–C) groups is 1. The number of thiazole rings is 2. The highest BCUT2D eigenvalue weighted by Crippen LogP contribution is 2.24. The molecule has 1 atom stereocenters. The zero-order chi connectivity index (χ0) is 19.3. The lowest BCUT2D eigenvalue weighted by Gasteiger charge is -2.15. The lowest BCUT2D eigenvalue weighted by molar-refractivity contribution is 0.0531. The fraction of sp³-hybridized carbons (Fsp3) is 0.529. The molecule has 2 aromatic heterocycles. The van der Waals surface area contributed by atoms with Gasteiger partial charge in [-0.1, -0.05) is 0 Å². The van der Waals surface area contributed by atoms with Gasteiger partial charge in [0.25, 0.3) is 0 Å². The van der Waals surface area contributed by atoms with Crippen molar-refractivity contribution < 1.29 is 9.53 Å². The average Bonchev–Trinajstić information content (AvgIpc) is 3.14. The van der Waals surface area contributed by atoms with Crippen molar-refractivity contribution in [3.63, 3.8) is 0 Å². The Kier molecular flexibility index (Phi) is 9.60. The van der Waals surface area contributed by atoms with Crippen molar-refractivity contribution in [1.82, 2.24) is 20.6 Å². The van der Waals surface area contributed by atoms with E-state index >= 15 is 0 Å². The molecule has 0 fully saturated rings. The molecule has 27 heavy (non-hydrogen) atoms. The first kappa shape index (κ1) is 23.8. The zero-order valence-electron chi connectivity index (χ0n) is 16.4. The van der Waals surface area contributed by atoms with Gasteiger partial charge in [-0.3, -0.25) is 4.99 Å². The molecule has 0 saturated carbocycles. The van der Waals surface area contributed by atoms with Crippen LogP contribution in [0.15, 0.2) is 4.99 Å². The van der Waals surface area contributed by atoms with Crippen molar-refractivity contribution >= 4 is 58.6 Å². The molecule has 10 heteroatoms. The van der Waals surface area contributed by atoms with E-state index in [0.29, 0.717) is 29.7 Å². The summed E-state index contributed by atoms with van der Waals surface area (Å²) in [5.41, 5.74) is 1.75. The Hall–Kier alpha value is -1.27. The highest BCUT2D eigenvalue weighted by atomic mass is 127. The summed E-state index contributed by atoms with van der Waals surface area (Å²) in [5.74, 6) is 0.339. The molecule has 0 radical (unpaired) electrons. The average molecular weight is 523 g/mol. The Balaban J connectivity index is 0.00000364. The van der Waals surface area contributed by atoms with Crippen molar-refractivity contribution in [1.29, 1.82) is 0 Å². The van der Waals surface area contributed by atoms with E-state index in [2.05, 4.69) is 32.5 Å². The summed E-state index contributed by atoms with van der Waals surface area (Å²) >= 11 is 3.02. The first-order chi connectivity index (χ1) is 12.3. The van der Waals surface area contributed by atoms with Crippen molar-refractivity contribution in [3.05, 3.63) is 31.2 Å². The van der Waals surface area contributed by atoms with E-state index in [1.54, 1.807) is 25.3 Å². The fourth-order valence-electron chi connectivity index (χ4n) is 2.22. The maximum atomic E-state index is 12.0. The number of aromatic nitrogens is 2. The summed E-state index contributed by atoms with van der Waals surface area (Å²) in [7, 11) is 1.72. The molecule has 2 heterocycles. The minimum Gasteiger partial charge on any atom is -0.462 e. The van der Waals surface area contributed by atoms with Gasteiger partial charge in [0.15, 0.2) is 5.96 Å². The molecule has 2 rings (SSSR count). The first-order valence-corrected chi connectivity index (χ1v) is 10.0. The second-order valence-electron chi connectivity index (χ2n) is 5.73. The predicted octanol–water partition coefficient (Wildman–Crippen LogP) is 3.75. The number of hydrogen-bond acceptors (Lipinski definition) is 7. The van der Waals surface area contributed by atoms with Crippen LogP contribution in [0.2, 0.25) is 0 Å². The van der Waals surface area contributed by atoms with E-state index in [1.807, 2.05) is 20.8 Å². The lowest BCUT2D eigenvalue weighted by Crippen LogP contribution is -2.38. The Morgan fingerprint density at radius 3 is 2.48 bits per heavy atom. The van der Waals surface area contributed by atoms with Crippen molar-refractivity contribution in [2.75, 3.05) is 13.7 Å². The van der Waals surface area contributed by atoms with Crippen LogP contribution >= 0.6 is 46.7 Å². The van der Waals surface area contributed by atoms with E-state index in [4.69, 9.17) is 4.74 Å². The van der Waals surface area contributed by atoms with Gasteiger partial charge in [0, 0.05) is 11.9 Å². The fourth-order valence-corrected chi connectivity index (χ4v) is 4.06. The van der Waals surface area contributed by atoms with Crippen molar-refractivity contribution in [3.8, 4) is 0 Å². The van der Waals surface area contributed by atoms with Gasteiger partial charge in [-0.05, 0) is 34.6 Å². The number of ether oxygens (including phenoxy) is 1. The molecule has 0 aromatic carbocycles. The van der Waals surface area contributed by atoms with E-state index in [0.717, 1.165) is 15.7 Å². The number of nitrogens with one attached hydrogen (secondary N) is 2. The summed E-state index contributed by atoms with van der Waals surface area (Å²) in [6.07, 6.45) is 0. The van der Waals surface area contributed by atoms with Gasteiger partial charge in [-0.15, -0.1) is 46.7 Å². The third-order valence-electron chi connectivity index (χ3n) is 3.70. The smallest absolute Gasteiger partial charge is 0.350 e. The molecule has 0 spiro atoms. The molecule has 1 unspecified atom stereocenters. The van der Waals surface area contributed by atoms with Crippen LogP contribution in [0.4, 0.5) is 0 Å². The summed E-state index contributed by atoms with van der Waals surface area (Å²) in [6.45, 7) is 10.6. The normalized spacial score (nSPS) is 12.3. The highest BCUT2D eigenvalue weighted by molar-refractivity contribution is 14.0.